The number of hydrogen-bond acceptors (Lipinski definition) is 6. The number of rotatable bonds is 5. The van der Waals surface area contributed by atoms with Crippen molar-refractivity contribution in [1.82, 2.24) is 0 Å². The number of aliphatic hydroxyl groups is 1. The minimum atomic E-state index is -2.11. The van der Waals surface area contributed by atoms with Crippen LogP contribution in [0.1, 0.15) is 47.0 Å². The molecule has 0 amide bonds. The predicted molar refractivity (Wildman–Crippen MR) is 95.5 cm³/mol. The quantitative estimate of drug-likeness (QED) is 0.455. The molecular weight excluding hydrogens is 340 g/mol. The van der Waals surface area contributed by atoms with Crippen LogP contribution < -0.4 is 0 Å². The van der Waals surface area contributed by atoms with Crippen LogP contribution >= 0.6 is 0 Å². The SMILES string of the molecule is CC(=O)O[C@@]12C[C@@H](OC1=O)/C(=C/CCO)[C@H](O[Si](C)(C)C(C)(C)C)C2. The van der Waals surface area contributed by atoms with Gasteiger partial charge in [-0.3, -0.25) is 4.79 Å². The molecule has 1 saturated carbocycles. The average Bonchev–Trinajstić information content (AvgIpc) is 2.68. The molecule has 1 N–H and O–H groups in total. The Morgan fingerprint density at radius 2 is 2.04 bits per heavy atom. The van der Waals surface area contributed by atoms with Gasteiger partial charge in [-0.2, -0.15) is 0 Å². The van der Waals surface area contributed by atoms with E-state index in [0.717, 1.165) is 5.57 Å². The standard InChI is InChI=1S/C18H30O6Si/c1-12(20)23-18-10-14(22-16(18)21)13(8-7-9-19)15(11-18)24-25(5,6)17(2,3)4/h8,14-15,19H,7,9-11H2,1-6H3/b13-8-/t14-,15-,18-/m1/s1. The van der Waals surface area contributed by atoms with E-state index in [1.807, 2.05) is 6.08 Å². The summed E-state index contributed by atoms with van der Waals surface area (Å²) in [6.45, 7) is 12.1. The first-order valence-corrected chi connectivity index (χ1v) is 11.7. The largest absolute Gasteiger partial charge is 0.455 e. The number of fused-ring (bicyclic) bond motifs is 2. The highest BCUT2D eigenvalue weighted by Crippen LogP contribution is 2.47. The van der Waals surface area contributed by atoms with Gasteiger partial charge in [-0.25, -0.2) is 4.79 Å². The molecule has 1 aliphatic carbocycles. The second-order valence-electron chi connectivity index (χ2n) is 8.47. The topological polar surface area (TPSA) is 82.1 Å². The van der Waals surface area contributed by atoms with Gasteiger partial charge < -0.3 is 19.0 Å². The summed E-state index contributed by atoms with van der Waals surface area (Å²) in [6.07, 6.45) is 2.16. The number of carbonyl (C=O) groups is 2. The lowest BCUT2D eigenvalue weighted by Gasteiger charge is -2.43. The molecule has 2 bridgehead atoms. The summed E-state index contributed by atoms with van der Waals surface area (Å²) >= 11 is 0. The molecule has 1 heterocycles. The number of ether oxygens (including phenoxy) is 2. The molecule has 1 saturated heterocycles. The molecular formula is C18H30O6Si. The zero-order valence-electron chi connectivity index (χ0n) is 16.0. The summed E-state index contributed by atoms with van der Waals surface area (Å²) in [4.78, 5) is 24.0. The van der Waals surface area contributed by atoms with Crippen molar-refractivity contribution >= 4 is 20.3 Å². The Kier molecular flexibility index (Phi) is 5.52. The van der Waals surface area contributed by atoms with Gasteiger partial charge in [0.1, 0.15) is 6.10 Å². The molecule has 0 radical (unpaired) electrons. The second kappa shape index (κ2) is 6.85. The average molecular weight is 371 g/mol. The van der Waals surface area contributed by atoms with Crippen molar-refractivity contribution in [2.24, 2.45) is 0 Å². The molecule has 1 aliphatic heterocycles. The van der Waals surface area contributed by atoms with Crippen LogP contribution in [0.15, 0.2) is 11.6 Å². The Bertz CT molecular complexity index is 577. The van der Waals surface area contributed by atoms with E-state index < -0.39 is 32.0 Å². The lowest BCUT2D eigenvalue weighted by molar-refractivity contribution is -0.172. The smallest absolute Gasteiger partial charge is 0.351 e. The van der Waals surface area contributed by atoms with Gasteiger partial charge in [0.15, 0.2) is 8.32 Å². The van der Waals surface area contributed by atoms with Crippen LogP contribution in [0.4, 0.5) is 0 Å². The predicted octanol–water partition coefficient (Wildman–Crippen LogP) is 2.71. The zero-order chi connectivity index (χ0) is 19.0. The van der Waals surface area contributed by atoms with E-state index in [0.29, 0.717) is 12.8 Å². The third-order valence-electron chi connectivity index (χ3n) is 5.49. The maximum atomic E-state index is 12.4. The first-order chi connectivity index (χ1) is 11.4. The molecule has 0 aromatic rings. The van der Waals surface area contributed by atoms with E-state index in [1.54, 1.807) is 0 Å². The normalized spacial score (nSPS) is 31.2. The third-order valence-corrected chi connectivity index (χ3v) is 9.97. The summed E-state index contributed by atoms with van der Waals surface area (Å²) in [5.74, 6) is -0.990. The number of carbonyl (C=O) groups excluding carboxylic acids is 2. The molecule has 25 heavy (non-hydrogen) atoms. The monoisotopic (exact) mass is 370 g/mol. The molecule has 0 aromatic heterocycles. The molecule has 0 spiro atoms. The van der Waals surface area contributed by atoms with Crippen LogP contribution in [0.3, 0.4) is 0 Å². The van der Waals surface area contributed by atoms with Crippen molar-refractivity contribution in [2.75, 3.05) is 6.61 Å². The Labute approximate surface area is 150 Å². The zero-order valence-corrected chi connectivity index (χ0v) is 17.0. The molecule has 7 heteroatoms. The van der Waals surface area contributed by atoms with Crippen molar-refractivity contribution in [3.63, 3.8) is 0 Å². The van der Waals surface area contributed by atoms with Crippen LogP contribution in [0.2, 0.25) is 18.1 Å². The highest BCUT2D eigenvalue weighted by Gasteiger charge is 2.60. The van der Waals surface area contributed by atoms with Crippen LogP contribution in [-0.4, -0.2) is 49.8 Å². The summed E-state index contributed by atoms with van der Waals surface area (Å²) in [5.41, 5.74) is -0.368. The molecule has 2 aliphatic rings. The fraction of sp³-hybridized carbons (Fsp3) is 0.778. The van der Waals surface area contributed by atoms with Crippen molar-refractivity contribution < 1.29 is 28.6 Å². The maximum absolute atomic E-state index is 12.4. The number of hydrogen-bond donors (Lipinski definition) is 1. The molecule has 3 atom stereocenters. The highest BCUT2D eigenvalue weighted by molar-refractivity contribution is 6.74. The van der Waals surface area contributed by atoms with Gasteiger partial charge in [-0.05, 0) is 30.1 Å². The van der Waals surface area contributed by atoms with E-state index in [2.05, 4.69) is 33.9 Å². The Morgan fingerprint density at radius 1 is 1.40 bits per heavy atom. The van der Waals surface area contributed by atoms with Crippen molar-refractivity contribution in [3.05, 3.63) is 11.6 Å². The number of esters is 2. The van der Waals surface area contributed by atoms with Crippen molar-refractivity contribution in [2.45, 2.75) is 82.9 Å². The van der Waals surface area contributed by atoms with Crippen molar-refractivity contribution in [3.8, 4) is 0 Å². The van der Waals surface area contributed by atoms with Gasteiger partial charge in [-0.15, -0.1) is 0 Å². The molecule has 0 aromatic carbocycles. The minimum Gasteiger partial charge on any atom is -0.455 e. The molecule has 2 rings (SSSR count). The maximum Gasteiger partial charge on any atom is 0.351 e. The molecule has 0 unspecified atom stereocenters. The van der Waals surface area contributed by atoms with Crippen molar-refractivity contribution in [1.29, 1.82) is 0 Å². The summed E-state index contributed by atoms with van der Waals surface area (Å²) in [5, 5.41) is 9.19. The van der Waals surface area contributed by atoms with E-state index >= 15 is 0 Å². The van der Waals surface area contributed by atoms with Gasteiger partial charge in [0, 0.05) is 26.4 Å². The van der Waals surface area contributed by atoms with E-state index in [4.69, 9.17) is 13.9 Å². The van der Waals surface area contributed by atoms with E-state index in [9.17, 15) is 14.7 Å². The summed E-state index contributed by atoms with van der Waals surface area (Å²) in [6, 6.07) is 0. The van der Waals surface area contributed by atoms with Gasteiger partial charge in [0.2, 0.25) is 5.60 Å². The lowest BCUT2D eigenvalue weighted by Crippen LogP contribution is -2.51. The third kappa shape index (κ3) is 3.98. The second-order valence-corrected chi connectivity index (χ2v) is 13.2. The summed E-state index contributed by atoms with van der Waals surface area (Å²) < 4.78 is 17.5. The molecule has 2 fully saturated rings. The molecule has 6 nitrogen and oxygen atoms in total. The summed E-state index contributed by atoms with van der Waals surface area (Å²) in [7, 11) is -2.11. The van der Waals surface area contributed by atoms with Crippen LogP contribution in [0, 0.1) is 0 Å². The Morgan fingerprint density at radius 3 is 2.56 bits per heavy atom. The van der Waals surface area contributed by atoms with Gasteiger partial charge in [0.25, 0.3) is 0 Å². The Balaban J connectivity index is 2.36. The lowest BCUT2D eigenvalue weighted by atomic mass is 9.80. The van der Waals surface area contributed by atoms with Gasteiger partial charge in [0.05, 0.1) is 6.10 Å². The first kappa shape index (κ1) is 20.1. The van der Waals surface area contributed by atoms with Crippen LogP contribution in [-0.2, 0) is 23.5 Å². The highest BCUT2D eigenvalue weighted by atomic mass is 28.4. The van der Waals surface area contributed by atoms with Gasteiger partial charge >= 0.3 is 11.9 Å². The van der Waals surface area contributed by atoms with E-state index in [1.165, 1.54) is 6.92 Å². The minimum absolute atomic E-state index is 0.00501. The Hall–Kier alpha value is -1.18. The number of aliphatic hydroxyl groups excluding tert-OH is 1. The van der Waals surface area contributed by atoms with Crippen LogP contribution in [0.5, 0.6) is 0 Å². The van der Waals surface area contributed by atoms with E-state index in [-0.39, 0.29) is 24.2 Å². The first-order valence-electron chi connectivity index (χ1n) is 8.81. The van der Waals surface area contributed by atoms with Gasteiger partial charge in [-0.1, -0.05) is 26.8 Å². The van der Waals surface area contributed by atoms with Crippen LogP contribution in [0.25, 0.3) is 0 Å². The fourth-order valence-electron chi connectivity index (χ4n) is 3.17. The molecule has 142 valence electrons. The fourth-order valence-corrected chi connectivity index (χ4v) is 4.46.